The molecule has 49 heavy (non-hydrogen) atoms. The summed E-state index contributed by atoms with van der Waals surface area (Å²) in [5.41, 5.74) is 1.74. The van der Waals surface area contributed by atoms with Gasteiger partial charge in [-0.25, -0.2) is 4.98 Å². The molecule has 2 N–H and O–H groups in total. The predicted octanol–water partition coefficient (Wildman–Crippen LogP) is 5.19. The quantitative estimate of drug-likeness (QED) is 0.373. The number of fused-ring (bicyclic) bond motifs is 1. The van der Waals surface area contributed by atoms with E-state index in [4.69, 9.17) is 9.72 Å². The normalized spacial score (nSPS) is 26.3. The fraction of sp³-hybridized carbons (Fsp3) is 0.684. The third-order valence-electron chi connectivity index (χ3n) is 12.3. The summed E-state index contributed by atoms with van der Waals surface area (Å²) in [4.78, 5) is 46.1. The molecule has 8 rings (SSSR count). The van der Waals surface area contributed by atoms with Crippen molar-refractivity contribution in [3.05, 3.63) is 30.0 Å². The lowest BCUT2D eigenvalue weighted by Crippen LogP contribution is -2.45. The van der Waals surface area contributed by atoms with Crippen LogP contribution in [-0.4, -0.2) is 103 Å². The van der Waals surface area contributed by atoms with Crippen molar-refractivity contribution in [2.24, 2.45) is 11.3 Å². The Morgan fingerprint density at radius 1 is 0.959 bits per heavy atom. The smallest absolute Gasteiger partial charge is 0.251 e. The van der Waals surface area contributed by atoms with Gasteiger partial charge in [-0.3, -0.25) is 14.5 Å². The largest absolute Gasteiger partial charge is 0.495 e. The lowest BCUT2D eigenvalue weighted by Gasteiger charge is -2.36. The van der Waals surface area contributed by atoms with E-state index in [2.05, 4.69) is 30.3 Å². The van der Waals surface area contributed by atoms with Crippen LogP contribution in [0.3, 0.4) is 0 Å². The third kappa shape index (κ3) is 6.98. The second kappa shape index (κ2) is 13.7. The molecule has 4 aliphatic carbocycles. The number of carbonyl (C=O) groups is 2. The first kappa shape index (κ1) is 32.7. The summed E-state index contributed by atoms with van der Waals surface area (Å²) in [5.74, 6) is 2.90. The Bertz CT molecular complexity index is 1530. The second-order valence-electron chi connectivity index (χ2n) is 15.8. The van der Waals surface area contributed by atoms with Gasteiger partial charge in [-0.05, 0) is 108 Å². The van der Waals surface area contributed by atoms with Crippen LogP contribution in [0.1, 0.15) is 93.8 Å². The maximum absolute atomic E-state index is 13.4. The molecule has 0 unspecified atom stereocenters. The van der Waals surface area contributed by atoms with E-state index in [1.165, 1.54) is 64.8 Å². The first-order valence-corrected chi connectivity index (χ1v) is 19.0. The second-order valence-corrected chi connectivity index (χ2v) is 15.8. The summed E-state index contributed by atoms with van der Waals surface area (Å²) in [7, 11) is 3.47. The van der Waals surface area contributed by atoms with E-state index in [-0.39, 0.29) is 23.3 Å². The van der Waals surface area contributed by atoms with E-state index in [0.717, 1.165) is 75.3 Å². The van der Waals surface area contributed by atoms with E-state index < -0.39 is 0 Å². The number of hydrogen-bond donors (Lipinski definition) is 2. The Morgan fingerprint density at radius 2 is 1.76 bits per heavy atom. The van der Waals surface area contributed by atoms with Crippen molar-refractivity contribution >= 4 is 35.0 Å². The summed E-state index contributed by atoms with van der Waals surface area (Å²) in [6.45, 7) is 6.86. The topological polar surface area (TPSA) is 106 Å². The number of benzene rings is 1. The van der Waals surface area contributed by atoms with Crippen LogP contribution >= 0.6 is 0 Å². The van der Waals surface area contributed by atoms with Gasteiger partial charge in [-0.2, -0.15) is 4.98 Å². The fourth-order valence-electron chi connectivity index (χ4n) is 8.96. The van der Waals surface area contributed by atoms with Crippen molar-refractivity contribution in [3.8, 4) is 5.75 Å². The molecule has 3 heterocycles. The number of rotatable bonds is 9. The van der Waals surface area contributed by atoms with Crippen LogP contribution in [0.15, 0.2) is 24.4 Å². The minimum atomic E-state index is -0.297. The maximum Gasteiger partial charge on any atom is 0.251 e. The Hall–Kier alpha value is -3.44. The molecule has 0 radical (unpaired) electrons. The van der Waals surface area contributed by atoms with Crippen molar-refractivity contribution in [1.82, 2.24) is 25.1 Å². The van der Waals surface area contributed by atoms with Crippen molar-refractivity contribution in [1.29, 1.82) is 0 Å². The first-order valence-electron chi connectivity index (χ1n) is 19.0. The number of hydrogen-bond acceptors (Lipinski definition) is 9. The minimum Gasteiger partial charge on any atom is -0.495 e. The molecular weight excluding hydrogens is 616 g/mol. The number of amides is 2. The lowest BCUT2D eigenvalue weighted by atomic mass is 9.89. The highest BCUT2D eigenvalue weighted by Crippen LogP contribution is 2.52. The van der Waals surface area contributed by atoms with Gasteiger partial charge in [0.2, 0.25) is 11.9 Å². The number of aromatic nitrogens is 2. The molecule has 6 aliphatic rings. The van der Waals surface area contributed by atoms with Gasteiger partial charge in [0.15, 0.2) is 5.82 Å². The zero-order chi connectivity index (χ0) is 33.5. The molecule has 2 aromatic rings. The molecule has 0 atom stereocenters. The number of nitrogens with one attached hydrogen (secondary N) is 2. The van der Waals surface area contributed by atoms with Gasteiger partial charge in [0, 0.05) is 56.9 Å². The van der Waals surface area contributed by atoms with E-state index in [0.29, 0.717) is 35.0 Å². The molecule has 1 aromatic heterocycles. The SMILES string of the molecule is COc1cc(C(=O)NC2CCC(N3CCCN(CC4CC4)CC3)CC2)ccc1Nc1ncc2c(n1)N(C1CCCC1)CC1(CC1)C(=O)N2C. The van der Waals surface area contributed by atoms with E-state index in [9.17, 15) is 9.59 Å². The van der Waals surface area contributed by atoms with Crippen molar-refractivity contribution in [2.75, 3.05) is 68.5 Å². The zero-order valence-corrected chi connectivity index (χ0v) is 29.5. The number of anilines is 4. The van der Waals surface area contributed by atoms with Gasteiger partial charge >= 0.3 is 0 Å². The van der Waals surface area contributed by atoms with E-state index in [1.54, 1.807) is 24.3 Å². The molecule has 11 nitrogen and oxygen atoms in total. The highest BCUT2D eigenvalue weighted by molar-refractivity contribution is 6.03. The molecule has 11 heteroatoms. The van der Waals surface area contributed by atoms with E-state index in [1.807, 2.05) is 19.2 Å². The van der Waals surface area contributed by atoms with Crippen molar-refractivity contribution < 1.29 is 14.3 Å². The van der Waals surface area contributed by atoms with Crippen LogP contribution in [0.5, 0.6) is 5.75 Å². The summed E-state index contributed by atoms with van der Waals surface area (Å²) in [6, 6.07) is 6.73. The molecule has 1 aromatic carbocycles. The highest BCUT2D eigenvalue weighted by atomic mass is 16.5. The van der Waals surface area contributed by atoms with Crippen LogP contribution in [0.25, 0.3) is 0 Å². The van der Waals surface area contributed by atoms with Crippen LogP contribution in [0, 0.1) is 11.3 Å². The van der Waals surface area contributed by atoms with Crippen LogP contribution in [-0.2, 0) is 4.79 Å². The average molecular weight is 671 g/mol. The fourth-order valence-corrected chi connectivity index (χ4v) is 8.96. The summed E-state index contributed by atoms with van der Waals surface area (Å²) >= 11 is 0. The molecule has 4 saturated carbocycles. The molecular formula is C38H54N8O3. The van der Waals surface area contributed by atoms with Crippen LogP contribution < -0.4 is 25.2 Å². The molecule has 2 amide bonds. The zero-order valence-electron chi connectivity index (χ0n) is 29.5. The van der Waals surface area contributed by atoms with Gasteiger partial charge < -0.3 is 30.1 Å². The number of nitrogens with zero attached hydrogens (tertiary/aromatic N) is 6. The number of carbonyl (C=O) groups excluding carboxylic acids is 2. The molecule has 1 saturated heterocycles. The van der Waals surface area contributed by atoms with Gasteiger partial charge in [0.25, 0.3) is 5.91 Å². The van der Waals surface area contributed by atoms with Gasteiger partial charge in [0.05, 0.1) is 24.4 Å². The minimum absolute atomic E-state index is 0.0611. The monoisotopic (exact) mass is 670 g/mol. The maximum atomic E-state index is 13.4. The molecule has 0 bridgehead atoms. The summed E-state index contributed by atoms with van der Waals surface area (Å²) < 4.78 is 5.75. The third-order valence-corrected chi connectivity index (χ3v) is 12.3. The molecule has 264 valence electrons. The van der Waals surface area contributed by atoms with Gasteiger partial charge in [-0.15, -0.1) is 0 Å². The average Bonchev–Trinajstić information content (AvgIpc) is 4.06. The van der Waals surface area contributed by atoms with Crippen LogP contribution in [0.2, 0.25) is 0 Å². The molecule has 5 fully saturated rings. The van der Waals surface area contributed by atoms with Gasteiger partial charge in [-0.1, -0.05) is 12.8 Å². The lowest BCUT2D eigenvalue weighted by molar-refractivity contribution is -0.122. The standard InChI is InChI=1S/C38H54N8O3/c1-43-32-23-39-37(42-34(32)46(30-6-3-4-7-30)25-38(16-17-38)36(43)48)41-31-15-10-27(22-33(31)49-2)35(47)40-28-11-13-29(14-12-28)45-19-5-18-44(20-21-45)24-26-8-9-26/h10,15,22-23,26,28-30H,3-9,11-14,16-21,24-25H2,1-2H3,(H,40,47)(H,39,41,42). The van der Waals surface area contributed by atoms with Crippen LogP contribution in [0.4, 0.5) is 23.1 Å². The Morgan fingerprint density at radius 3 is 2.49 bits per heavy atom. The Kier molecular flexibility index (Phi) is 9.16. The highest BCUT2D eigenvalue weighted by Gasteiger charge is 2.55. The van der Waals surface area contributed by atoms with Crippen molar-refractivity contribution in [2.45, 2.75) is 102 Å². The number of ether oxygens (including phenoxy) is 1. The van der Waals surface area contributed by atoms with Crippen molar-refractivity contribution in [3.63, 3.8) is 0 Å². The Balaban J connectivity index is 0.900. The Labute approximate surface area is 291 Å². The number of methoxy groups -OCH3 is 1. The first-order chi connectivity index (χ1) is 23.9. The summed E-state index contributed by atoms with van der Waals surface area (Å²) in [5, 5.41) is 6.67. The summed E-state index contributed by atoms with van der Waals surface area (Å²) in [6.07, 6.45) is 16.7. The predicted molar refractivity (Wildman–Crippen MR) is 192 cm³/mol. The molecule has 1 spiro atoms. The molecule has 2 aliphatic heterocycles. The van der Waals surface area contributed by atoms with Gasteiger partial charge in [0.1, 0.15) is 11.4 Å². The van der Waals surface area contributed by atoms with E-state index >= 15 is 0 Å².